The molecule has 10 heavy (non-hydrogen) atoms. The highest BCUT2D eigenvalue weighted by molar-refractivity contribution is 6.43. The van der Waals surface area contributed by atoms with Crippen LogP contribution >= 0.6 is 0 Å². The summed E-state index contributed by atoms with van der Waals surface area (Å²) < 4.78 is 0. The average molecular weight is 142 g/mol. The highest BCUT2D eigenvalue weighted by Crippen LogP contribution is 1.85. The van der Waals surface area contributed by atoms with Gasteiger partial charge in [0.1, 0.15) is 6.42 Å². The minimum absolute atomic E-state index is 0.759. The first-order valence-corrected chi connectivity index (χ1v) is 2.49. The van der Waals surface area contributed by atoms with Crippen LogP contribution in [0.25, 0.3) is 0 Å². The molecule has 1 N–H and O–H groups in total. The summed E-state index contributed by atoms with van der Waals surface area (Å²) in [6, 6.07) is 0. The highest BCUT2D eigenvalue weighted by atomic mass is 16.4. The Hall–Kier alpha value is -1.45. The number of rotatable bonds is 4. The third-order valence-corrected chi connectivity index (χ3v) is 0.772. The van der Waals surface area contributed by atoms with Crippen molar-refractivity contribution in [3.8, 4) is 0 Å². The molecule has 0 aliphatic carbocycles. The summed E-state index contributed by atoms with van der Waals surface area (Å²) in [6.07, 6.45) is 0.0378. The van der Waals surface area contributed by atoms with E-state index in [2.05, 4.69) is 6.58 Å². The van der Waals surface area contributed by atoms with Crippen LogP contribution in [-0.4, -0.2) is 22.6 Å². The van der Waals surface area contributed by atoms with E-state index in [0.717, 1.165) is 6.08 Å². The van der Waals surface area contributed by atoms with Crippen LogP contribution in [0, 0.1) is 0 Å². The van der Waals surface area contributed by atoms with Crippen molar-refractivity contribution in [2.45, 2.75) is 6.42 Å². The fourth-order valence-corrected chi connectivity index (χ4v) is 0.338. The number of aliphatic carboxylic acids is 1. The lowest BCUT2D eigenvalue weighted by molar-refractivity contribution is -0.143. The molecule has 0 unspecified atom stereocenters. The zero-order valence-electron chi connectivity index (χ0n) is 5.16. The Morgan fingerprint density at radius 2 is 1.90 bits per heavy atom. The monoisotopic (exact) mass is 142 g/mol. The fraction of sp³-hybridized carbons (Fsp3) is 0.167. The van der Waals surface area contributed by atoms with Crippen molar-refractivity contribution in [1.82, 2.24) is 0 Å². The number of ketones is 2. The minimum Gasteiger partial charge on any atom is -0.481 e. The van der Waals surface area contributed by atoms with E-state index in [0.29, 0.717) is 0 Å². The Bertz CT molecular complexity index is 192. The van der Waals surface area contributed by atoms with Crippen LogP contribution in [0.3, 0.4) is 0 Å². The molecule has 4 heteroatoms. The van der Waals surface area contributed by atoms with E-state index in [1.165, 1.54) is 0 Å². The van der Waals surface area contributed by atoms with Gasteiger partial charge >= 0.3 is 5.97 Å². The molecule has 0 amide bonds. The number of hydrogen-bond acceptors (Lipinski definition) is 3. The zero-order chi connectivity index (χ0) is 8.15. The third-order valence-electron chi connectivity index (χ3n) is 0.772. The summed E-state index contributed by atoms with van der Waals surface area (Å²) in [5.41, 5.74) is 0. The van der Waals surface area contributed by atoms with Gasteiger partial charge in [-0.1, -0.05) is 6.58 Å². The van der Waals surface area contributed by atoms with Crippen LogP contribution in [0.4, 0.5) is 0 Å². The first kappa shape index (κ1) is 8.55. The zero-order valence-corrected chi connectivity index (χ0v) is 5.16. The number of carboxylic acid groups (broad SMARTS) is 1. The summed E-state index contributed by atoms with van der Waals surface area (Å²) in [4.78, 5) is 30.5. The predicted octanol–water partition coefficient (Wildman–Crippen LogP) is -0.215. The average Bonchev–Trinajstić information content (AvgIpc) is 1.85. The van der Waals surface area contributed by atoms with Crippen molar-refractivity contribution in [3.05, 3.63) is 12.7 Å². The van der Waals surface area contributed by atoms with E-state index in [1.54, 1.807) is 0 Å². The van der Waals surface area contributed by atoms with Gasteiger partial charge in [-0.15, -0.1) is 0 Å². The second-order valence-electron chi connectivity index (χ2n) is 1.56. The van der Waals surface area contributed by atoms with Crippen molar-refractivity contribution in [2.75, 3.05) is 0 Å². The van der Waals surface area contributed by atoms with Gasteiger partial charge in [0, 0.05) is 0 Å². The number of carboxylic acids is 1. The lowest BCUT2D eigenvalue weighted by Crippen LogP contribution is -2.14. The standard InChI is InChI=1S/C6H6O4/c1-2-4(7)5(8)3-6(9)10/h2H,1,3H2,(H,9,10). The van der Waals surface area contributed by atoms with Crippen molar-refractivity contribution in [3.63, 3.8) is 0 Å². The molecule has 0 rings (SSSR count). The highest BCUT2D eigenvalue weighted by Gasteiger charge is 2.12. The van der Waals surface area contributed by atoms with Gasteiger partial charge in [-0.25, -0.2) is 0 Å². The molecule has 4 nitrogen and oxygen atoms in total. The summed E-state index contributed by atoms with van der Waals surface area (Å²) in [5.74, 6) is -3.11. The van der Waals surface area contributed by atoms with Gasteiger partial charge in [0.05, 0.1) is 0 Å². The molecule has 0 fully saturated rings. The van der Waals surface area contributed by atoms with E-state index >= 15 is 0 Å². The molecule has 0 bridgehead atoms. The van der Waals surface area contributed by atoms with Gasteiger partial charge in [-0.05, 0) is 6.08 Å². The smallest absolute Gasteiger partial charge is 0.311 e. The number of Topliss-reactive ketones (excluding diaryl/α,β-unsaturated/α-hetero) is 1. The first-order valence-electron chi connectivity index (χ1n) is 2.49. The van der Waals surface area contributed by atoms with E-state index in [1.807, 2.05) is 0 Å². The summed E-state index contributed by atoms with van der Waals surface area (Å²) >= 11 is 0. The quantitative estimate of drug-likeness (QED) is 0.335. The molecule has 0 heterocycles. The second-order valence-corrected chi connectivity index (χ2v) is 1.56. The normalized spacial score (nSPS) is 8.40. The van der Waals surface area contributed by atoms with Crippen LogP contribution in [-0.2, 0) is 14.4 Å². The third kappa shape index (κ3) is 2.76. The van der Waals surface area contributed by atoms with Crippen LogP contribution in [0.1, 0.15) is 6.42 Å². The first-order chi connectivity index (χ1) is 4.57. The molecule has 0 aliphatic rings. The second kappa shape index (κ2) is 3.55. The van der Waals surface area contributed by atoms with Crippen LogP contribution < -0.4 is 0 Å². The minimum atomic E-state index is -1.31. The molecule has 0 atom stereocenters. The van der Waals surface area contributed by atoms with E-state index in [4.69, 9.17) is 5.11 Å². The maximum Gasteiger partial charge on any atom is 0.311 e. The molecule has 0 saturated carbocycles. The van der Waals surface area contributed by atoms with Crippen molar-refractivity contribution in [2.24, 2.45) is 0 Å². The molecule has 0 radical (unpaired) electrons. The number of allylic oxidation sites excluding steroid dienone is 1. The molecule has 0 spiro atoms. The Kier molecular flexibility index (Phi) is 3.04. The lowest BCUT2D eigenvalue weighted by atomic mass is 10.2. The topological polar surface area (TPSA) is 71.4 Å². The lowest BCUT2D eigenvalue weighted by Gasteiger charge is -1.87. The number of hydrogen-bond donors (Lipinski definition) is 1. The molecule has 0 aromatic heterocycles. The van der Waals surface area contributed by atoms with Gasteiger partial charge in [0.25, 0.3) is 0 Å². The van der Waals surface area contributed by atoms with Gasteiger partial charge in [0.2, 0.25) is 11.6 Å². The van der Waals surface area contributed by atoms with Crippen molar-refractivity contribution in [1.29, 1.82) is 0 Å². The maximum absolute atomic E-state index is 10.4. The number of carbonyl (C=O) groups excluding carboxylic acids is 2. The summed E-state index contributed by atoms with van der Waals surface area (Å²) in [7, 11) is 0. The Morgan fingerprint density at radius 1 is 1.40 bits per heavy atom. The van der Waals surface area contributed by atoms with E-state index < -0.39 is 24.0 Å². The summed E-state index contributed by atoms with van der Waals surface area (Å²) in [6.45, 7) is 3.03. The van der Waals surface area contributed by atoms with Crippen LogP contribution in [0.5, 0.6) is 0 Å². The van der Waals surface area contributed by atoms with Gasteiger partial charge < -0.3 is 5.11 Å². The molecule has 0 saturated heterocycles. The molecule has 54 valence electrons. The van der Waals surface area contributed by atoms with E-state index in [-0.39, 0.29) is 0 Å². The Balaban J connectivity index is 3.98. The van der Waals surface area contributed by atoms with E-state index in [9.17, 15) is 14.4 Å². The molecule has 0 aromatic carbocycles. The Labute approximate surface area is 57.2 Å². The maximum atomic E-state index is 10.4. The van der Waals surface area contributed by atoms with Crippen LogP contribution in [0.15, 0.2) is 12.7 Å². The molecular weight excluding hydrogens is 136 g/mol. The van der Waals surface area contributed by atoms with Gasteiger partial charge in [0.15, 0.2) is 0 Å². The van der Waals surface area contributed by atoms with Gasteiger partial charge in [-0.3, -0.25) is 14.4 Å². The van der Waals surface area contributed by atoms with Crippen LogP contribution in [0.2, 0.25) is 0 Å². The predicted molar refractivity (Wildman–Crippen MR) is 32.5 cm³/mol. The largest absolute Gasteiger partial charge is 0.481 e. The van der Waals surface area contributed by atoms with Gasteiger partial charge in [-0.2, -0.15) is 0 Å². The van der Waals surface area contributed by atoms with Crippen molar-refractivity contribution < 1.29 is 19.5 Å². The van der Waals surface area contributed by atoms with Crippen molar-refractivity contribution >= 4 is 17.5 Å². The number of carbonyl (C=O) groups is 3. The Morgan fingerprint density at radius 3 is 2.20 bits per heavy atom. The fourth-order valence-electron chi connectivity index (χ4n) is 0.338. The SMILES string of the molecule is C=CC(=O)C(=O)CC(=O)O. The molecule has 0 aromatic rings. The summed E-state index contributed by atoms with van der Waals surface area (Å²) in [5, 5.41) is 8.02. The molecule has 0 aliphatic heterocycles. The molecular formula is C6H6O4.